The van der Waals surface area contributed by atoms with Gasteiger partial charge in [0.2, 0.25) is 0 Å². The van der Waals surface area contributed by atoms with Gasteiger partial charge in [-0.2, -0.15) is 0 Å². The van der Waals surface area contributed by atoms with Crippen LogP contribution in [-0.2, 0) is 4.74 Å². The van der Waals surface area contributed by atoms with Gasteiger partial charge in [-0.3, -0.25) is 0 Å². The third-order valence-electron chi connectivity index (χ3n) is 15.0. The van der Waals surface area contributed by atoms with Crippen molar-refractivity contribution in [2.24, 2.45) is 0 Å². The molecule has 7 aromatic rings. The highest BCUT2D eigenvalue weighted by Gasteiger charge is 2.19. The van der Waals surface area contributed by atoms with Gasteiger partial charge in [0.1, 0.15) is 5.76 Å². The topological polar surface area (TPSA) is 12.5 Å². The van der Waals surface area contributed by atoms with Crippen LogP contribution in [0.3, 0.4) is 0 Å². The van der Waals surface area contributed by atoms with Crippen molar-refractivity contribution >= 4 is 49.7 Å². The van der Waals surface area contributed by atoms with Crippen LogP contribution in [0.4, 0.5) is 5.69 Å². The highest BCUT2D eigenvalue weighted by atomic mass is 32.2. The molecule has 0 fully saturated rings. The molecular weight excluding hydrogens is 951 g/mol. The van der Waals surface area contributed by atoms with Crippen LogP contribution in [0.15, 0.2) is 164 Å². The Bertz CT molecular complexity index is 2700. The molecule has 1 heterocycles. The summed E-state index contributed by atoms with van der Waals surface area (Å²) in [5.74, 6) is 15.6. The zero-order chi connectivity index (χ0) is 53.2. The van der Waals surface area contributed by atoms with Gasteiger partial charge in [-0.15, -0.1) is 11.8 Å². The van der Waals surface area contributed by atoms with Crippen LogP contribution in [0, 0.1) is 23.7 Å². The van der Waals surface area contributed by atoms with Crippen molar-refractivity contribution in [3.8, 4) is 23.7 Å². The SMILES string of the molecule is C(#Cc1c2ccccc2c(C#Cc2ccccc2)c2ccccc12)c1ccccc1.CCCCCCCCCCCCCCN(CCCCCCCCCCCCCC)c1ccc(C2=C(c3ccccc3)OCCS2)cc1. The van der Waals surface area contributed by atoms with E-state index >= 15 is 0 Å². The van der Waals surface area contributed by atoms with Crippen molar-refractivity contribution in [1.29, 1.82) is 0 Å². The molecule has 0 saturated heterocycles. The number of benzene rings is 7. The summed E-state index contributed by atoms with van der Waals surface area (Å²) in [6.07, 6.45) is 33.8. The van der Waals surface area contributed by atoms with E-state index in [2.05, 4.69) is 146 Å². The largest absolute Gasteiger partial charge is 0.491 e. The Hall–Kier alpha value is -6.13. The van der Waals surface area contributed by atoms with Crippen molar-refractivity contribution in [1.82, 2.24) is 0 Å². The highest BCUT2D eigenvalue weighted by molar-refractivity contribution is 8.08. The van der Waals surface area contributed by atoms with E-state index in [0.717, 1.165) is 61.9 Å². The van der Waals surface area contributed by atoms with Crippen LogP contribution in [-0.4, -0.2) is 25.4 Å². The Kier molecular flexibility index (Phi) is 26.9. The number of thioether (sulfide) groups is 1. The lowest BCUT2D eigenvalue weighted by molar-refractivity contribution is 0.301. The van der Waals surface area contributed by atoms with Crippen LogP contribution in [0.2, 0.25) is 0 Å². The lowest BCUT2D eigenvalue weighted by atomic mass is 9.92. The van der Waals surface area contributed by atoms with Gasteiger partial charge < -0.3 is 9.64 Å². The second-order valence-electron chi connectivity index (χ2n) is 21.1. The van der Waals surface area contributed by atoms with Crippen LogP contribution < -0.4 is 4.90 Å². The molecule has 0 spiro atoms. The van der Waals surface area contributed by atoms with E-state index in [1.807, 2.05) is 72.4 Å². The normalized spacial score (nSPS) is 12.0. The Labute approximate surface area is 470 Å². The van der Waals surface area contributed by atoms with E-state index in [1.54, 1.807) is 0 Å². The second kappa shape index (κ2) is 35.3. The molecule has 0 N–H and O–H groups in total. The van der Waals surface area contributed by atoms with Gasteiger partial charge in [0.05, 0.1) is 11.5 Å². The molecule has 0 radical (unpaired) electrons. The molecule has 7 aromatic carbocycles. The Balaban J connectivity index is 0.000000245. The standard InChI is InChI=1S/C44H71NOS.C30H18/c1-3-5-7-9-11-13-15-17-19-21-23-28-36-45(37-29-24-22-20-18-16-14-12-10-8-6-4-2)42-34-32-41(33-35-42)44-43(46-38-39-47-44)40-30-26-25-27-31-40;1-3-11-23(12-4-1)19-21-29-25-15-7-9-17-27(25)30(28-18-10-8-16-26(28)29)22-20-24-13-5-2-6-14-24/h25-27,30-35H,3-24,28-29,36-39H2,1-2H3;1-18H. The van der Waals surface area contributed by atoms with Crippen molar-refractivity contribution < 1.29 is 4.74 Å². The molecule has 0 atom stereocenters. The molecule has 0 saturated carbocycles. The average molecular weight is 1040 g/mol. The quantitative estimate of drug-likeness (QED) is 0.0263. The van der Waals surface area contributed by atoms with Crippen molar-refractivity contribution in [3.05, 3.63) is 197 Å². The van der Waals surface area contributed by atoms with Gasteiger partial charge in [-0.25, -0.2) is 0 Å². The van der Waals surface area contributed by atoms with Crippen LogP contribution >= 0.6 is 11.8 Å². The molecule has 402 valence electrons. The number of nitrogens with zero attached hydrogens (tertiary/aromatic N) is 1. The van der Waals surface area contributed by atoms with Crippen LogP contribution in [0.5, 0.6) is 0 Å². The smallest absolute Gasteiger partial charge is 0.140 e. The molecule has 0 aromatic heterocycles. The summed E-state index contributed by atoms with van der Waals surface area (Å²) in [5.41, 5.74) is 7.98. The van der Waals surface area contributed by atoms with Crippen molar-refractivity contribution in [2.45, 2.75) is 168 Å². The molecule has 1 aliphatic rings. The average Bonchev–Trinajstić information content (AvgIpc) is 3.52. The predicted octanol–water partition coefficient (Wildman–Crippen LogP) is 21.3. The zero-order valence-corrected chi connectivity index (χ0v) is 48.0. The molecule has 8 rings (SSSR count). The van der Waals surface area contributed by atoms with Crippen LogP contribution in [0.25, 0.3) is 32.2 Å². The zero-order valence-electron chi connectivity index (χ0n) is 47.2. The first-order valence-corrected chi connectivity index (χ1v) is 31.2. The molecule has 77 heavy (non-hydrogen) atoms. The number of ether oxygens (including phenoxy) is 1. The van der Waals surface area contributed by atoms with Gasteiger partial charge in [0, 0.05) is 52.3 Å². The van der Waals surface area contributed by atoms with E-state index < -0.39 is 0 Å². The number of rotatable bonds is 29. The molecular formula is C74H89NOS. The van der Waals surface area contributed by atoms with Gasteiger partial charge >= 0.3 is 0 Å². The minimum absolute atomic E-state index is 0.780. The molecule has 0 amide bonds. The summed E-state index contributed by atoms with van der Waals surface area (Å²) in [6, 6.07) is 57.1. The minimum atomic E-state index is 0.780. The number of fused-ring (bicyclic) bond motifs is 2. The summed E-state index contributed by atoms with van der Waals surface area (Å²) in [4.78, 5) is 3.97. The minimum Gasteiger partial charge on any atom is -0.491 e. The lowest BCUT2D eigenvalue weighted by Crippen LogP contribution is -2.25. The Morgan fingerprint density at radius 3 is 1.10 bits per heavy atom. The summed E-state index contributed by atoms with van der Waals surface area (Å²) in [6.45, 7) is 7.76. The Morgan fingerprint density at radius 2 is 0.714 bits per heavy atom. The van der Waals surface area contributed by atoms with Gasteiger partial charge in [0.15, 0.2) is 0 Å². The second-order valence-corrected chi connectivity index (χ2v) is 22.2. The first kappa shape index (κ1) is 58.6. The number of unbranched alkanes of at least 4 members (excludes halogenated alkanes) is 22. The molecule has 0 aliphatic carbocycles. The van der Waals surface area contributed by atoms with E-state index in [0.29, 0.717) is 0 Å². The van der Waals surface area contributed by atoms with E-state index in [1.165, 1.54) is 189 Å². The maximum Gasteiger partial charge on any atom is 0.140 e. The molecule has 0 unspecified atom stereocenters. The van der Waals surface area contributed by atoms with Gasteiger partial charge in [-0.1, -0.05) is 306 Å². The van der Waals surface area contributed by atoms with Gasteiger partial charge in [-0.05, 0) is 76.3 Å². The summed E-state index contributed by atoms with van der Waals surface area (Å²) < 4.78 is 6.21. The molecule has 3 heteroatoms. The lowest BCUT2D eigenvalue weighted by Gasteiger charge is -2.26. The van der Waals surface area contributed by atoms with Crippen LogP contribution in [0.1, 0.15) is 201 Å². The molecule has 1 aliphatic heterocycles. The van der Waals surface area contributed by atoms with Crippen molar-refractivity contribution in [3.63, 3.8) is 0 Å². The summed E-state index contributed by atoms with van der Waals surface area (Å²) in [5, 5.41) is 4.54. The van der Waals surface area contributed by atoms with Gasteiger partial charge in [0.25, 0.3) is 0 Å². The highest BCUT2D eigenvalue weighted by Crippen LogP contribution is 2.40. The predicted molar refractivity (Wildman–Crippen MR) is 339 cm³/mol. The fourth-order valence-electron chi connectivity index (χ4n) is 10.6. The molecule has 2 nitrogen and oxygen atoms in total. The fourth-order valence-corrected chi connectivity index (χ4v) is 11.6. The van der Waals surface area contributed by atoms with E-state index in [9.17, 15) is 0 Å². The first-order valence-electron chi connectivity index (χ1n) is 30.2. The number of hydrogen-bond acceptors (Lipinski definition) is 3. The van der Waals surface area contributed by atoms with Crippen molar-refractivity contribution in [2.75, 3.05) is 30.3 Å². The first-order chi connectivity index (χ1) is 38.2. The Morgan fingerprint density at radius 1 is 0.364 bits per heavy atom. The maximum absolute atomic E-state index is 6.21. The third kappa shape index (κ3) is 20.0. The summed E-state index contributed by atoms with van der Waals surface area (Å²) >= 11 is 1.94. The molecule has 0 bridgehead atoms. The number of hydrogen-bond donors (Lipinski definition) is 0. The monoisotopic (exact) mass is 1040 g/mol. The number of anilines is 1. The fraction of sp³-hybridized carbons (Fsp3) is 0.405. The van der Waals surface area contributed by atoms with E-state index in [-0.39, 0.29) is 0 Å². The maximum atomic E-state index is 6.21. The third-order valence-corrected chi connectivity index (χ3v) is 16.1. The van der Waals surface area contributed by atoms with E-state index in [4.69, 9.17) is 4.74 Å². The summed E-state index contributed by atoms with van der Waals surface area (Å²) in [7, 11) is 0.